The summed E-state index contributed by atoms with van der Waals surface area (Å²) >= 11 is 0. The fraction of sp³-hybridized carbons (Fsp3) is 0.429. The lowest BCUT2D eigenvalue weighted by molar-refractivity contribution is -0.150. The first-order valence-electron chi connectivity index (χ1n) is 6.00. The van der Waals surface area contributed by atoms with Crippen LogP contribution < -0.4 is 0 Å². The van der Waals surface area contributed by atoms with Gasteiger partial charge in [-0.05, 0) is 32.8 Å². The number of carbonyl (C=O) groups excluding carboxylic acids is 2. The Hall–Kier alpha value is -1.84. The molecule has 0 spiro atoms. The van der Waals surface area contributed by atoms with Crippen molar-refractivity contribution in [2.75, 3.05) is 6.61 Å². The lowest BCUT2D eigenvalue weighted by Gasteiger charge is -2.36. The number of aliphatic hydroxyl groups excluding tert-OH is 1. The van der Waals surface area contributed by atoms with E-state index >= 15 is 0 Å². The highest BCUT2D eigenvalue weighted by Gasteiger charge is 2.47. The molecule has 1 N–H and O–H groups in total. The minimum Gasteiger partial charge on any atom is -0.504 e. The Morgan fingerprint density at radius 3 is 2.94 bits per heavy atom. The van der Waals surface area contributed by atoms with Crippen molar-refractivity contribution in [3.63, 3.8) is 0 Å². The Kier molecular flexibility index (Phi) is 3.11. The Balaban J connectivity index is 2.53. The van der Waals surface area contributed by atoms with Gasteiger partial charge in [-0.15, -0.1) is 0 Å². The van der Waals surface area contributed by atoms with Gasteiger partial charge < -0.3 is 9.84 Å². The molecule has 0 saturated heterocycles. The number of hydrogen-bond acceptors (Lipinski definition) is 4. The number of hydrogen-bond donors (Lipinski definition) is 1. The molecule has 0 fully saturated rings. The minimum absolute atomic E-state index is 0.277. The molecule has 0 aromatic rings. The van der Waals surface area contributed by atoms with Gasteiger partial charge in [-0.25, -0.2) is 0 Å². The van der Waals surface area contributed by atoms with Gasteiger partial charge in [0.25, 0.3) is 0 Å². The van der Waals surface area contributed by atoms with Gasteiger partial charge in [-0.2, -0.15) is 0 Å². The third-order valence-corrected chi connectivity index (χ3v) is 3.43. The lowest BCUT2D eigenvalue weighted by Crippen LogP contribution is -2.38. The van der Waals surface area contributed by atoms with Gasteiger partial charge in [0.15, 0.2) is 5.76 Å². The van der Waals surface area contributed by atoms with Crippen LogP contribution in [0.15, 0.2) is 35.1 Å². The maximum atomic E-state index is 12.2. The smallest absolute Gasteiger partial charge is 0.320 e. The van der Waals surface area contributed by atoms with Gasteiger partial charge in [0.2, 0.25) is 5.78 Å². The summed E-state index contributed by atoms with van der Waals surface area (Å²) in [6.07, 6.45) is 5.62. The summed E-state index contributed by atoms with van der Waals surface area (Å²) in [5.41, 5.74) is 0.518. The number of ketones is 1. The van der Waals surface area contributed by atoms with E-state index in [-0.39, 0.29) is 12.4 Å². The first-order valence-corrected chi connectivity index (χ1v) is 6.00. The predicted octanol–water partition coefficient (Wildman–Crippen LogP) is 2.23. The molecular formula is C14H16O4. The number of rotatable bonds is 2. The Morgan fingerprint density at radius 2 is 2.28 bits per heavy atom. The highest BCUT2D eigenvalue weighted by atomic mass is 16.5. The summed E-state index contributed by atoms with van der Waals surface area (Å²) in [6.45, 7) is 3.94. The third-order valence-electron chi connectivity index (χ3n) is 3.43. The van der Waals surface area contributed by atoms with Crippen LogP contribution in [-0.2, 0) is 14.3 Å². The maximum Gasteiger partial charge on any atom is 0.320 e. The number of carbonyl (C=O) groups is 2. The largest absolute Gasteiger partial charge is 0.504 e. The van der Waals surface area contributed by atoms with Crippen molar-refractivity contribution in [1.82, 2.24) is 0 Å². The predicted molar refractivity (Wildman–Crippen MR) is 65.9 cm³/mol. The molecule has 18 heavy (non-hydrogen) atoms. The first kappa shape index (κ1) is 12.6. The van der Waals surface area contributed by atoms with E-state index in [4.69, 9.17) is 4.74 Å². The molecule has 0 bridgehead atoms. The molecule has 2 aliphatic rings. The number of esters is 1. The molecule has 0 heterocycles. The van der Waals surface area contributed by atoms with Crippen molar-refractivity contribution in [2.24, 2.45) is 5.41 Å². The number of allylic oxidation sites excluding steroid dienone is 3. The number of ether oxygens (including phenoxy) is 1. The van der Waals surface area contributed by atoms with Crippen molar-refractivity contribution >= 4 is 11.8 Å². The molecule has 4 nitrogen and oxygen atoms in total. The molecule has 0 saturated carbocycles. The van der Waals surface area contributed by atoms with Gasteiger partial charge in [0.1, 0.15) is 5.41 Å². The summed E-state index contributed by atoms with van der Waals surface area (Å²) in [7, 11) is 0. The molecule has 0 amide bonds. The van der Waals surface area contributed by atoms with Gasteiger partial charge in [0.05, 0.1) is 6.61 Å². The molecule has 0 aromatic heterocycles. The van der Waals surface area contributed by atoms with E-state index in [1.807, 2.05) is 13.0 Å². The third kappa shape index (κ3) is 1.78. The van der Waals surface area contributed by atoms with E-state index in [0.717, 1.165) is 5.57 Å². The Bertz CT molecular complexity index is 496. The molecule has 1 atom stereocenters. The average Bonchev–Trinajstić information content (AvgIpc) is 2.34. The summed E-state index contributed by atoms with van der Waals surface area (Å²) in [5, 5.41) is 9.88. The maximum absolute atomic E-state index is 12.2. The molecule has 0 radical (unpaired) electrons. The standard InChI is InChI=1S/C14H16O4/c1-3-18-13(17)14-7-6-11(15)12(16)10(14)5-4-9(2)8-14/h4,6-7,16H,3,5,8H2,1-2H3/t14-/m1/s1. The highest BCUT2D eigenvalue weighted by molar-refractivity contribution is 6.06. The molecule has 0 unspecified atom stereocenters. The zero-order chi connectivity index (χ0) is 13.3. The molecule has 0 aromatic carbocycles. The number of fused-ring (bicyclic) bond motifs is 1. The minimum atomic E-state index is -0.993. The second-order valence-corrected chi connectivity index (χ2v) is 4.65. The lowest BCUT2D eigenvalue weighted by atomic mass is 9.67. The fourth-order valence-corrected chi connectivity index (χ4v) is 2.51. The van der Waals surface area contributed by atoms with Crippen molar-refractivity contribution in [1.29, 1.82) is 0 Å². The molecule has 0 aliphatic heterocycles. The quantitative estimate of drug-likeness (QED) is 0.601. The van der Waals surface area contributed by atoms with Crippen molar-refractivity contribution in [2.45, 2.75) is 26.7 Å². The zero-order valence-electron chi connectivity index (χ0n) is 10.5. The van der Waals surface area contributed by atoms with Crippen LogP contribution in [0, 0.1) is 5.41 Å². The van der Waals surface area contributed by atoms with Crippen LogP contribution in [0.2, 0.25) is 0 Å². The normalized spacial score (nSPS) is 26.8. The van der Waals surface area contributed by atoms with Crippen molar-refractivity contribution < 1.29 is 19.4 Å². The average molecular weight is 248 g/mol. The van der Waals surface area contributed by atoms with E-state index < -0.39 is 17.2 Å². The fourth-order valence-electron chi connectivity index (χ4n) is 2.51. The van der Waals surface area contributed by atoms with Crippen LogP contribution in [0.3, 0.4) is 0 Å². The van der Waals surface area contributed by atoms with Crippen LogP contribution in [0.1, 0.15) is 26.7 Å². The molecular weight excluding hydrogens is 232 g/mol. The van der Waals surface area contributed by atoms with Gasteiger partial charge >= 0.3 is 5.97 Å². The van der Waals surface area contributed by atoms with E-state index in [2.05, 4.69) is 0 Å². The van der Waals surface area contributed by atoms with Crippen LogP contribution >= 0.6 is 0 Å². The highest BCUT2D eigenvalue weighted by Crippen LogP contribution is 2.46. The monoisotopic (exact) mass is 248 g/mol. The van der Waals surface area contributed by atoms with Crippen LogP contribution in [0.25, 0.3) is 0 Å². The number of aliphatic hydroxyl groups is 1. The first-order chi connectivity index (χ1) is 8.51. The topological polar surface area (TPSA) is 63.6 Å². The van der Waals surface area contributed by atoms with Crippen LogP contribution in [0.4, 0.5) is 0 Å². The van der Waals surface area contributed by atoms with E-state index in [9.17, 15) is 14.7 Å². The van der Waals surface area contributed by atoms with Gasteiger partial charge in [-0.3, -0.25) is 9.59 Å². The second-order valence-electron chi connectivity index (χ2n) is 4.65. The molecule has 4 heteroatoms. The Labute approximate surface area is 106 Å². The van der Waals surface area contributed by atoms with Crippen LogP contribution in [-0.4, -0.2) is 23.5 Å². The van der Waals surface area contributed by atoms with E-state index in [1.165, 1.54) is 6.08 Å². The summed E-state index contributed by atoms with van der Waals surface area (Å²) in [5.74, 6) is -1.16. The van der Waals surface area contributed by atoms with E-state index in [0.29, 0.717) is 18.4 Å². The van der Waals surface area contributed by atoms with Crippen molar-refractivity contribution in [3.8, 4) is 0 Å². The van der Waals surface area contributed by atoms with Crippen LogP contribution in [0.5, 0.6) is 0 Å². The SMILES string of the molecule is CCOC(=O)[C@@]12C=CC(=O)C(O)=C1CC=C(C)C2. The Morgan fingerprint density at radius 1 is 1.56 bits per heavy atom. The molecule has 2 aliphatic carbocycles. The summed E-state index contributed by atoms with van der Waals surface area (Å²) < 4.78 is 5.10. The molecule has 96 valence electrons. The van der Waals surface area contributed by atoms with Crippen molar-refractivity contribution in [3.05, 3.63) is 35.1 Å². The second kappa shape index (κ2) is 4.44. The zero-order valence-corrected chi connectivity index (χ0v) is 10.5. The summed E-state index contributed by atoms with van der Waals surface area (Å²) in [4.78, 5) is 23.7. The van der Waals surface area contributed by atoms with Gasteiger partial charge in [0, 0.05) is 5.57 Å². The van der Waals surface area contributed by atoms with E-state index in [1.54, 1.807) is 13.0 Å². The molecule has 2 rings (SSSR count). The van der Waals surface area contributed by atoms with Gasteiger partial charge in [-0.1, -0.05) is 17.7 Å². The summed E-state index contributed by atoms with van der Waals surface area (Å²) in [6, 6.07) is 0.